The van der Waals surface area contributed by atoms with E-state index in [0.29, 0.717) is 0 Å². The van der Waals surface area contributed by atoms with Gasteiger partial charge in [0, 0.05) is 0 Å². The lowest BCUT2D eigenvalue weighted by Gasteiger charge is -1.72. The van der Waals surface area contributed by atoms with Gasteiger partial charge in [-0.2, -0.15) is 10.7 Å². The largest absolute Gasteiger partial charge is 0.309 e. The maximum Gasteiger partial charge on any atom is 0.272 e. The highest BCUT2D eigenvalue weighted by Crippen LogP contribution is 1.90. The molecule has 0 rings (SSSR count). The van der Waals surface area contributed by atoms with Gasteiger partial charge in [0.15, 0.2) is 0 Å². The first-order chi connectivity index (χ1) is 2.41. The standard InChI is InChI=1S/F2H4SSi2/c1-4-3-5-2/h4-5H2. The predicted octanol–water partition coefficient (Wildman–Crippen LogP) is -0.344. The van der Waals surface area contributed by atoms with Crippen LogP contribution < -0.4 is 0 Å². The van der Waals surface area contributed by atoms with Crippen molar-refractivity contribution in [2.75, 3.05) is 0 Å². The third-order valence-corrected chi connectivity index (χ3v) is 4.17. The maximum atomic E-state index is 10.9. The molecule has 5 heavy (non-hydrogen) atoms. The zero-order chi connectivity index (χ0) is 4.12. The zero-order valence-corrected chi connectivity index (χ0v) is 6.22. The van der Waals surface area contributed by atoms with Crippen molar-refractivity contribution in [2.45, 2.75) is 0 Å². The van der Waals surface area contributed by atoms with Crippen LogP contribution in [0.2, 0.25) is 0 Å². The molecule has 0 spiro atoms. The minimum Gasteiger partial charge on any atom is -0.309 e. The summed E-state index contributed by atoms with van der Waals surface area (Å²) in [5.74, 6) is 0. The molecule has 0 nitrogen and oxygen atoms in total. The molecule has 0 aromatic rings. The Hall–Kier alpha value is 0.644. The van der Waals surface area contributed by atoms with Gasteiger partial charge in [-0.1, -0.05) is 0 Å². The van der Waals surface area contributed by atoms with Crippen molar-refractivity contribution < 1.29 is 8.22 Å². The lowest BCUT2D eigenvalue weighted by molar-refractivity contribution is 0.890. The lowest BCUT2D eigenvalue weighted by atomic mass is 18.9. The highest BCUT2D eigenvalue weighted by molar-refractivity contribution is 8.39. The molecule has 0 atom stereocenters. The van der Waals surface area contributed by atoms with E-state index in [0.717, 1.165) is 10.7 Å². The summed E-state index contributed by atoms with van der Waals surface area (Å²) >= 11 is 0. The van der Waals surface area contributed by atoms with Crippen LogP contribution in [0.15, 0.2) is 0 Å². The summed E-state index contributed by atoms with van der Waals surface area (Å²) in [5, 5.41) is 0. The molecular formula is H4F2SSi2. The Morgan fingerprint density at radius 2 is 1.60 bits per heavy atom. The maximum absolute atomic E-state index is 10.9. The lowest BCUT2D eigenvalue weighted by Crippen LogP contribution is -1.70. The molecule has 0 aliphatic rings. The van der Waals surface area contributed by atoms with E-state index in [9.17, 15) is 8.22 Å². The minimum absolute atomic E-state index is 0.907. The Labute approximate surface area is 37.6 Å². The van der Waals surface area contributed by atoms with Gasteiger partial charge in [0.05, 0.1) is 0 Å². The molecule has 0 saturated heterocycles. The Kier molecular flexibility index (Phi) is 5.24. The first-order valence-electron chi connectivity index (χ1n) is 1.11. The fourth-order valence-electron chi connectivity index (χ4n) is 0.0292. The Balaban J connectivity index is 2.19. The fraction of sp³-hybridized carbons (Fsp3) is 0. The van der Waals surface area contributed by atoms with Gasteiger partial charge in [-0.05, 0) is 0 Å². The van der Waals surface area contributed by atoms with Crippen LogP contribution in [0.1, 0.15) is 0 Å². The first kappa shape index (κ1) is 5.64. The number of hydrogen-bond acceptors (Lipinski definition) is 1. The van der Waals surface area contributed by atoms with Crippen LogP contribution >= 0.6 is 10.7 Å². The van der Waals surface area contributed by atoms with E-state index in [1.54, 1.807) is 0 Å². The highest BCUT2D eigenvalue weighted by Gasteiger charge is 1.79. The summed E-state index contributed by atoms with van der Waals surface area (Å²) in [7, 11) is -2.06. The van der Waals surface area contributed by atoms with Crippen LogP contribution in [0.4, 0.5) is 8.22 Å². The molecule has 0 saturated carbocycles. The van der Waals surface area contributed by atoms with Gasteiger partial charge in [0.1, 0.15) is 0 Å². The van der Waals surface area contributed by atoms with Gasteiger partial charge in [-0.3, -0.25) is 0 Å². The minimum atomic E-state index is -1.48. The van der Waals surface area contributed by atoms with Crippen molar-refractivity contribution in [3.05, 3.63) is 0 Å². The smallest absolute Gasteiger partial charge is 0.272 e. The molecule has 0 amide bonds. The van der Waals surface area contributed by atoms with Crippen molar-refractivity contribution in [3.63, 3.8) is 0 Å². The Bertz CT molecular complexity index is 15.1. The van der Waals surface area contributed by atoms with Crippen molar-refractivity contribution in [2.24, 2.45) is 0 Å². The van der Waals surface area contributed by atoms with Gasteiger partial charge in [0.25, 0.3) is 18.0 Å². The van der Waals surface area contributed by atoms with Crippen LogP contribution in [0.25, 0.3) is 0 Å². The van der Waals surface area contributed by atoms with Gasteiger partial charge in [0.2, 0.25) is 0 Å². The Morgan fingerprint density at radius 3 is 1.60 bits per heavy atom. The summed E-state index contributed by atoms with van der Waals surface area (Å²) in [6.45, 7) is 0. The van der Waals surface area contributed by atoms with E-state index < -0.39 is 18.0 Å². The SMILES string of the molecule is F[SiH2]S[SiH2]F. The van der Waals surface area contributed by atoms with E-state index in [-0.39, 0.29) is 0 Å². The second-order valence-electron chi connectivity index (χ2n) is 0.422. The normalized spacial score (nSPS) is 13.2. The average Bonchev–Trinajstić information content (AvgIpc) is 1.41. The number of hydrogen-bond donors (Lipinski definition) is 0. The van der Waals surface area contributed by atoms with Crippen molar-refractivity contribution in [1.29, 1.82) is 0 Å². The molecule has 0 radical (unpaired) electrons. The summed E-state index contributed by atoms with van der Waals surface area (Å²) < 4.78 is 21.8. The number of rotatable bonds is 2. The second-order valence-corrected chi connectivity index (χ2v) is 7.48. The second kappa shape index (κ2) is 4.64. The van der Waals surface area contributed by atoms with Gasteiger partial charge in [-0.25, -0.2) is 0 Å². The van der Waals surface area contributed by atoms with E-state index in [1.165, 1.54) is 0 Å². The van der Waals surface area contributed by atoms with Crippen molar-refractivity contribution in [1.82, 2.24) is 0 Å². The van der Waals surface area contributed by atoms with Crippen LogP contribution in [-0.4, -0.2) is 18.0 Å². The highest BCUT2D eigenvalue weighted by atomic mass is 32.5. The molecule has 0 aromatic carbocycles. The summed E-state index contributed by atoms with van der Waals surface area (Å²) in [4.78, 5) is 0. The molecule has 0 heterocycles. The van der Waals surface area contributed by atoms with Crippen molar-refractivity contribution >= 4 is 28.7 Å². The quantitative estimate of drug-likeness (QED) is 0.364. The predicted molar refractivity (Wildman–Crippen MR) is 26.9 cm³/mol. The fourth-order valence-corrected chi connectivity index (χ4v) is 0.787. The van der Waals surface area contributed by atoms with E-state index in [4.69, 9.17) is 0 Å². The topological polar surface area (TPSA) is 0 Å². The molecule has 0 aliphatic carbocycles. The van der Waals surface area contributed by atoms with E-state index in [1.807, 2.05) is 0 Å². The average molecular weight is 130 g/mol. The number of halogens is 2. The molecule has 32 valence electrons. The van der Waals surface area contributed by atoms with E-state index >= 15 is 0 Å². The van der Waals surface area contributed by atoms with Gasteiger partial charge < -0.3 is 8.22 Å². The summed E-state index contributed by atoms with van der Waals surface area (Å²) in [6.07, 6.45) is 0. The third kappa shape index (κ3) is 4.64. The van der Waals surface area contributed by atoms with Crippen LogP contribution in [-0.2, 0) is 0 Å². The summed E-state index contributed by atoms with van der Waals surface area (Å²) in [5.41, 5.74) is 0. The van der Waals surface area contributed by atoms with E-state index in [2.05, 4.69) is 0 Å². The van der Waals surface area contributed by atoms with Crippen LogP contribution in [0.3, 0.4) is 0 Å². The zero-order valence-electron chi connectivity index (χ0n) is 2.58. The molecule has 0 fully saturated rings. The first-order valence-corrected chi connectivity index (χ1v) is 6.80. The monoisotopic (exact) mass is 130 g/mol. The van der Waals surface area contributed by atoms with Gasteiger partial charge >= 0.3 is 0 Å². The van der Waals surface area contributed by atoms with Crippen LogP contribution in [0.5, 0.6) is 0 Å². The third-order valence-electron chi connectivity index (χ3n) is 0.154. The van der Waals surface area contributed by atoms with Crippen molar-refractivity contribution in [3.8, 4) is 0 Å². The molecular weight excluding hydrogens is 126 g/mol. The molecule has 0 N–H and O–H groups in total. The molecule has 0 unspecified atom stereocenters. The molecule has 0 aliphatic heterocycles. The summed E-state index contributed by atoms with van der Waals surface area (Å²) in [6, 6.07) is 0. The molecule has 0 aromatic heterocycles. The molecule has 5 heteroatoms. The van der Waals surface area contributed by atoms with Crippen LogP contribution in [0, 0.1) is 0 Å². The molecule has 0 bridgehead atoms. The van der Waals surface area contributed by atoms with Gasteiger partial charge in [-0.15, -0.1) is 0 Å². The Morgan fingerprint density at radius 1 is 1.20 bits per heavy atom.